The molecule has 0 radical (unpaired) electrons. The molecular formula is C16H11NO3S. The van der Waals surface area contributed by atoms with Crippen LogP contribution in [0, 0.1) is 0 Å². The lowest BCUT2D eigenvalue weighted by atomic mass is 9.95. The quantitative estimate of drug-likeness (QED) is 0.856. The molecule has 0 aliphatic heterocycles. The van der Waals surface area contributed by atoms with Crippen molar-refractivity contribution in [2.45, 2.75) is 4.90 Å². The molecule has 2 aromatic rings. The van der Waals surface area contributed by atoms with Crippen molar-refractivity contribution < 1.29 is 13.2 Å². The first-order chi connectivity index (χ1) is 10.1. The van der Waals surface area contributed by atoms with Crippen molar-refractivity contribution >= 4 is 21.5 Å². The second-order valence-electron chi connectivity index (χ2n) is 4.51. The fourth-order valence-corrected chi connectivity index (χ4v) is 3.13. The normalized spacial score (nSPS) is 16.0. The van der Waals surface area contributed by atoms with Gasteiger partial charge in [0.05, 0.1) is 10.6 Å². The summed E-state index contributed by atoms with van der Waals surface area (Å²) in [4.78, 5) is 11.9. The zero-order valence-electron chi connectivity index (χ0n) is 10.9. The van der Waals surface area contributed by atoms with Gasteiger partial charge in [-0.1, -0.05) is 42.5 Å². The second kappa shape index (κ2) is 5.10. The van der Waals surface area contributed by atoms with Gasteiger partial charge < -0.3 is 0 Å². The molecule has 2 aromatic carbocycles. The van der Waals surface area contributed by atoms with E-state index in [1.165, 1.54) is 24.3 Å². The van der Waals surface area contributed by atoms with Gasteiger partial charge in [0, 0.05) is 11.1 Å². The highest BCUT2D eigenvalue weighted by atomic mass is 32.2. The lowest BCUT2D eigenvalue weighted by Crippen LogP contribution is -2.14. The SMILES string of the molecule is O=C1C=C/C(=N\S(=O)(=O)c2ccccc2)c2ccccc21. The van der Waals surface area contributed by atoms with E-state index in [4.69, 9.17) is 0 Å². The van der Waals surface area contributed by atoms with Gasteiger partial charge in [-0.05, 0) is 24.3 Å². The van der Waals surface area contributed by atoms with E-state index in [2.05, 4.69) is 4.40 Å². The number of carbonyl (C=O) groups excluding carboxylic acids is 1. The molecule has 104 valence electrons. The molecule has 1 aliphatic carbocycles. The van der Waals surface area contributed by atoms with Crippen LogP contribution in [0.25, 0.3) is 0 Å². The Morgan fingerprint density at radius 1 is 0.762 bits per heavy atom. The van der Waals surface area contributed by atoms with Crippen molar-refractivity contribution in [1.82, 2.24) is 0 Å². The maximum atomic E-state index is 12.3. The number of carbonyl (C=O) groups is 1. The van der Waals surface area contributed by atoms with Crippen molar-refractivity contribution in [3.05, 3.63) is 77.9 Å². The smallest absolute Gasteiger partial charge is 0.282 e. The molecule has 4 nitrogen and oxygen atoms in total. The Morgan fingerprint density at radius 2 is 1.38 bits per heavy atom. The van der Waals surface area contributed by atoms with Gasteiger partial charge in [0.15, 0.2) is 5.78 Å². The third-order valence-corrected chi connectivity index (χ3v) is 4.43. The number of fused-ring (bicyclic) bond motifs is 1. The summed E-state index contributed by atoms with van der Waals surface area (Å²) in [6, 6.07) is 14.8. The first-order valence-electron chi connectivity index (χ1n) is 6.30. The van der Waals surface area contributed by atoms with Crippen LogP contribution >= 0.6 is 0 Å². The minimum atomic E-state index is -3.79. The molecule has 0 fully saturated rings. The van der Waals surface area contributed by atoms with E-state index >= 15 is 0 Å². The molecule has 0 spiro atoms. The zero-order valence-corrected chi connectivity index (χ0v) is 11.7. The summed E-state index contributed by atoms with van der Waals surface area (Å²) in [5, 5.41) is 0. The van der Waals surface area contributed by atoms with E-state index in [-0.39, 0.29) is 16.4 Å². The van der Waals surface area contributed by atoms with E-state index in [9.17, 15) is 13.2 Å². The summed E-state index contributed by atoms with van der Waals surface area (Å²) in [5.41, 5.74) is 1.26. The molecule has 0 aromatic heterocycles. The van der Waals surface area contributed by atoms with Gasteiger partial charge in [-0.25, -0.2) is 0 Å². The summed E-state index contributed by atoms with van der Waals surface area (Å²) < 4.78 is 28.4. The fraction of sp³-hybridized carbons (Fsp3) is 0. The van der Waals surface area contributed by atoms with Crippen molar-refractivity contribution in [2.75, 3.05) is 0 Å². The van der Waals surface area contributed by atoms with E-state index in [0.29, 0.717) is 11.1 Å². The van der Waals surface area contributed by atoms with E-state index in [0.717, 1.165) is 0 Å². The van der Waals surface area contributed by atoms with Gasteiger partial charge in [-0.2, -0.15) is 12.8 Å². The Hall–Kier alpha value is -2.53. The third-order valence-electron chi connectivity index (χ3n) is 3.12. The highest BCUT2D eigenvalue weighted by molar-refractivity contribution is 7.90. The Labute approximate surface area is 122 Å². The maximum Gasteiger partial charge on any atom is 0.282 e. The van der Waals surface area contributed by atoms with Crippen LogP contribution in [0.2, 0.25) is 0 Å². The number of allylic oxidation sites excluding steroid dienone is 2. The molecule has 0 heterocycles. The maximum absolute atomic E-state index is 12.3. The average molecular weight is 297 g/mol. The Morgan fingerprint density at radius 3 is 2.10 bits per heavy atom. The number of sulfonamides is 1. The van der Waals surface area contributed by atoms with Gasteiger partial charge in [0.1, 0.15) is 0 Å². The van der Waals surface area contributed by atoms with Crippen LogP contribution < -0.4 is 0 Å². The van der Waals surface area contributed by atoms with E-state index in [1.54, 1.807) is 42.5 Å². The first-order valence-corrected chi connectivity index (χ1v) is 7.74. The predicted octanol–water partition coefficient (Wildman–Crippen LogP) is 2.62. The second-order valence-corrected chi connectivity index (χ2v) is 6.11. The van der Waals surface area contributed by atoms with Gasteiger partial charge in [-0.15, -0.1) is 0 Å². The van der Waals surface area contributed by atoms with Crippen LogP contribution in [0.3, 0.4) is 0 Å². The molecule has 0 bridgehead atoms. The monoisotopic (exact) mass is 297 g/mol. The van der Waals surface area contributed by atoms with E-state index in [1.807, 2.05) is 0 Å². The van der Waals surface area contributed by atoms with Crippen molar-refractivity contribution in [2.24, 2.45) is 4.40 Å². The van der Waals surface area contributed by atoms with Gasteiger partial charge in [0.2, 0.25) is 0 Å². The van der Waals surface area contributed by atoms with Crippen molar-refractivity contribution in [3.63, 3.8) is 0 Å². The number of rotatable bonds is 2. The molecule has 0 unspecified atom stereocenters. The van der Waals surface area contributed by atoms with Gasteiger partial charge in [0.25, 0.3) is 10.0 Å². The molecule has 0 amide bonds. The Bertz CT molecular complexity index is 865. The molecule has 21 heavy (non-hydrogen) atoms. The van der Waals surface area contributed by atoms with E-state index < -0.39 is 10.0 Å². The standard InChI is InChI=1S/C16H11NO3S/c18-16-11-10-15(13-8-4-5-9-14(13)16)17-21(19,20)12-6-2-1-3-7-12/h1-11H/b17-15+. The summed E-state index contributed by atoms with van der Waals surface area (Å²) in [5.74, 6) is -0.151. The van der Waals surface area contributed by atoms with Crippen LogP contribution in [-0.2, 0) is 10.0 Å². The number of benzene rings is 2. The fourth-order valence-electron chi connectivity index (χ4n) is 2.11. The number of nitrogens with zero attached hydrogens (tertiary/aromatic N) is 1. The molecule has 0 saturated heterocycles. The molecule has 0 atom stereocenters. The summed E-state index contributed by atoms with van der Waals surface area (Å²) >= 11 is 0. The zero-order chi connectivity index (χ0) is 14.9. The minimum absolute atomic E-state index is 0.125. The summed E-state index contributed by atoms with van der Waals surface area (Å²) in [7, 11) is -3.79. The lowest BCUT2D eigenvalue weighted by molar-refractivity contribution is 0.104. The summed E-state index contributed by atoms with van der Waals surface area (Å²) in [6.07, 6.45) is 2.77. The van der Waals surface area contributed by atoms with Crippen LogP contribution in [0.1, 0.15) is 15.9 Å². The molecule has 5 heteroatoms. The summed E-state index contributed by atoms with van der Waals surface area (Å²) in [6.45, 7) is 0. The predicted molar refractivity (Wildman–Crippen MR) is 80.1 cm³/mol. The lowest BCUT2D eigenvalue weighted by Gasteiger charge is -2.11. The molecule has 0 N–H and O–H groups in total. The number of hydrogen-bond donors (Lipinski definition) is 0. The molecular weight excluding hydrogens is 286 g/mol. The third kappa shape index (κ3) is 2.55. The number of ketones is 1. The molecule has 3 rings (SSSR count). The minimum Gasteiger partial charge on any atom is -0.289 e. The Kier molecular flexibility index (Phi) is 3.27. The van der Waals surface area contributed by atoms with Crippen LogP contribution in [0.15, 0.2) is 76.0 Å². The topological polar surface area (TPSA) is 63.6 Å². The average Bonchev–Trinajstić information content (AvgIpc) is 2.51. The first kappa shape index (κ1) is 13.5. The van der Waals surface area contributed by atoms with Crippen molar-refractivity contribution in [3.8, 4) is 0 Å². The largest absolute Gasteiger partial charge is 0.289 e. The molecule has 1 aliphatic rings. The highest BCUT2D eigenvalue weighted by Gasteiger charge is 2.20. The van der Waals surface area contributed by atoms with Crippen LogP contribution in [-0.4, -0.2) is 19.9 Å². The van der Waals surface area contributed by atoms with Crippen LogP contribution in [0.4, 0.5) is 0 Å². The van der Waals surface area contributed by atoms with Gasteiger partial charge in [-0.3, -0.25) is 4.79 Å². The number of hydrogen-bond acceptors (Lipinski definition) is 3. The Balaban J connectivity index is 2.13. The highest BCUT2D eigenvalue weighted by Crippen LogP contribution is 2.20. The van der Waals surface area contributed by atoms with Crippen LogP contribution in [0.5, 0.6) is 0 Å². The molecule has 0 saturated carbocycles. The van der Waals surface area contributed by atoms with Crippen molar-refractivity contribution in [1.29, 1.82) is 0 Å². The van der Waals surface area contributed by atoms with Gasteiger partial charge >= 0.3 is 0 Å².